The summed E-state index contributed by atoms with van der Waals surface area (Å²) in [5, 5.41) is 15.4. The molecule has 1 amide bonds. The Kier molecular flexibility index (Phi) is 24.0. The number of hydrogen-bond acceptors (Lipinski definition) is 18. The number of hydrogen-bond donors (Lipinski definition) is 0. The van der Waals surface area contributed by atoms with E-state index in [9.17, 15) is 36.0 Å². The first-order valence-corrected chi connectivity index (χ1v) is 41.8. The Balaban J connectivity index is 0.000000153. The third kappa shape index (κ3) is 17.2. The fraction of sp³-hybridized carbons (Fsp3) is 0.337. The van der Waals surface area contributed by atoms with Crippen molar-refractivity contribution in [3.8, 4) is 67.2 Å². The molecule has 606 valence electrons. The van der Waals surface area contributed by atoms with Crippen LogP contribution in [0.1, 0.15) is 100 Å². The van der Waals surface area contributed by atoms with Crippen LogP contribution in [0.2, 0.25) is 0 Å². The van der Waals surface area contributed by atoms with Gasteiger partial charge in [0.1, 0.15) is 5.60 Å². The number of ether oxygens (including phenoxy) is 1. The molecule has 2 aliphatic heterocycles. The average molecular weight is 1650 g/mol. The lowest BCUT2D eigenvalue weighted by atomic mass is 10.0. The van der Waals surface area contributed by atoms with Crippen LogP contribution in [-0.2, 0) is 66.1 Å². The molecule has 1 saturated carbocycles. The molecular formula is C83H94Cl2N20O9S2. The monoisotopic (exact) mass is 1650 g/mol. The minimum Gasteiger partial charge on any atom is -0.444 e. The van der Waals surface area contributed by atoms with Crippen LogP contribution in [-0.4, -0.2) is 163 Å². The van der Waals surface area contributed by atoms with E-state index in [1.165, 1.54) is 23.4 Å². The van der Waals surface area contributed by atoms with E-state index in [0.717, 1.165) is 147 Å². The fourth-order valence-corrected chi connectivity index (χ4v) is 16.2. The Morgan fingerprint density at radius 3 is 1.09 bits per heavy atom. The minimum atomic E-state index is -3.32. The Bertz CT molecular complexity index is 6630. The van der Waals surface area contributed by atoms with Crippen molar-refractivity contribution < 1.29 is 27.7 Å². The van der Waals surface area contributed by atoms with Crippen molar-refractivity contribution in [1.29, 1.82) is 0 Å². The number of carbonyl (C=O) groups is 1. The number of carbonyl (C=O) groups excluding carboxylic acids is 1. The molecule has 1 aliphatic carbocycles. The van der Waals surface area contributed by atoms with Gasteiger partial charge in [-0.1, -0.05) is 70.5 Å². The van der Waals surface area contributed by atoms with Crippen LogP contribution in [0.5, 0.6) is 0 Å². The summed E-state index contributed by atoms with van der Waals surface area (Å²) in [7, 11) is 8.97. The number of aromatic nitrogens is 18. The molecule has 2 saturated heterocycles. The van der Waals surface area contributed by atoms with E-state index in [1.54, 1.807) is 83.0 Å². The van der Waals surface area contributed by atoms with Gasteiger partial charge < -0.3 is 9.64 Å². The molecule has 0 radical (unpaired) electrons. The van der Waals surface area contributed by atoms with E-state index in [4.69, 9.17) is 6.11 Å². The summed E-state index contributed by atoms with van der Waals surface area (Å²) in [4.78, 5) is 82.1. The second-order valence-corrected chi connectivity index (χ2v) is 34.9. The Morgan fingerprint density at radius 1 is 0.466 bits per heavy atom. The second kappa shape index (κ2) is 33.7. The van der Waals surface area contributed by atoms with Crippen molar-refractivity contribution in [1.82, 2.24) is 95.9 Å². The van der Waals surface area contributed by atoms with Crippen LogP contribution in [0.3, 0.4) is 0 Å². The van der Waals surface area contributed by atoms with Crippen LogP contribution >= 0.6 is 23.1 Å². The van der Waals surface area contributed by atoms with Gasteiger partial charge >= 0.3 is 23.2 Å². The van der Waals surface area contributed by atoms with Gasteiger partial charge in [0.05, 0.1) is 129 Å². The summed E-state index contributed by atoms with van der Waals surface area (Å²) in [6.07, 6.45) is 29.6. The van der Waals surface area contributed by atoms with E-state index in [1.807, 2.05) is 174 Å². The molecule has 0 bridgehead atoms. The van der Waals surface area contributed by atoms with Gasteiger partial charge in [0, 0.05) is 173 Å². The lowest BCUT2D eigenvalue weighted by Crippen LogP contribution is -2.36. The topological polar surface area (TPSA) is 313 Å². The van der Waals surface area contributed by atoms with Gasteiger partial charge in [-0.25, -0.2) is 40.3 Å². The molecule has 3 aliphatic rings. The summed E-state index contributed by atoms with van der Waals surface area (Å²) in [5.74, 6) is 0. The predicted molar refractivity (Wildman–Crippen MR) is 459 cm³/mol. The minimum absolute atomic E-state index is 0. The quantitative estimate of drug-likeness (QED) is 0.115. The first-order chi connectivity index (χ1) is 54.8. The summed E-state index contributed by atoms with van der Waals surface area (Å²) in [6, 6.07) is 30.3. The van der Waals surface area contributed by atoms with Crippen molar-refractivity contribution in [2.24, 2.45) is 42.3 Å². The first-order valence-electron chi connectivity index (χ1n) is 38.0. The van der Waals surface area contributed by atoms with Gasteiger partial charge in [0.15, 0.2) is 0 Å². The summed E-state index contributed by atoms with van der Waals surface area (Å²) in [5.41, 5.74) is 18.0. The number of rotatable bonds is 10. The zero-order valence-corrected chi connectivity index (χ0v) is 69.0. The standard InChI is InChI=1S/C29H31N7O3.C25H25N7O3S.C25H24N6O.C2H6.CH3ClO2S.CH4.ClH/c1-29(2,3)39-28(38)35-11-10-21(17-35)36-26-22-12-18(6-9-24(22)31-15-25(26)34(5)27(36)37)19-7-8-23(30-13-19)20-14-32-33(4)16-20;1-29-14-18(12-28-29)21-6-5-17(11-26-21)16-4-7-22-20(10-16)24-23(13-27-22)30(2)25(33)32(24)19-8-9-31(15-19)36(3,34)35;1-29-15-18(13-28-29)21-9-8-17(12-26-21)16-7-10-22-20(11-16)24-23(14-27-22)30(2)25(32)31(24)19-5-3-4-6-19;1-2;1-5(2,3)4;;/h6-9,12-16,21H,10-11,17H2,1-5H3;4-7,10-14,19H,8-9,15H2,1-3H3;7-15,19H,3-6H2,1-2H3;1-2H3;1H3;1H4;1H/t21-;19-;;;;;/m11...../s1/i;;;1D;;;. The molecule has 0 N–H and O–H groups in total. The number of amides is 1. The van der Waals surface area contributed by atoms with Gasteiger partial charge in [-0.15, -0.1) is 12.4 Å². The number of pyridine rings is 6. The van der Waals surface area contributed by atoms with E-state index < -0.39 is 24.7 Å². The number of halogens is 2. The fourth-order valence-electron chi connectivity index (χ4n) is 15.3. The average Bonchev–Trinajstić information content (AvgIpc) is 1.60. The zero-order chi connectivity index (χ0) is 81.7. The molecule has 15 aromatic rings. The molecule has 0 spiro atoms. The SMILES string of the molecule is C.CS(=O)(=O)Cl.Cl.Cn1cc(-c2ccc(-c3ccc4ncc5c(c4c3)n(C3CCCC3)c(=O)n5C)cn2)cn1.Cn1cc(-c2ccc(-c3ccc4ncc5c(c4c3)n([C@@H]3CCN(C(=O)OC(C)(C)C)C3)c(=O)n5C)cn2)cn1.Cn1cc(-c2ccc(-c3ccc4ncc5c(c4c3)n([C@@H]3CCN(S(C)(=O)=O)C3)c(=O)n5C)cn2)cn1.[2H]CC. The van der Waals surface area contributed by atoms with Gasteiger partial charge in [-0.3, -0.25) is 71.4 Å². The predicted octanol–water partition coefficient (Wildman–Crippen LogP) is 13.8. The molecule has 12 aromatic heterocycles. The molecule has 33 heteroatoms. The molecule has 3 fully saturated rings. The maximum Gasteiger partial charge on any atom is 0.410 e. The van der Waals surface area contributed by atoms with Crippen LogP contribution in [0.25, 0.3) is 133 Å². The zero-order valence-electron chi connectivity index (χ0n) is 66.8. The Hall–Kier alpha value is -11.5. The van der Waals surface area contributed by atoms with Gasteiger partial charge in [-0.2, -0.15) is 15.3 Å². The van der Waals surface area contributed by atoms with Crippen LogP contribution < -0.4 is 17.1 Å². The molecule has 14 heterocycles. The lowest BCUT2D eigenvalue weighted by molar-refractivity contribution is 0.0289. The summed E-state index contributed by atoms with van der Waals surface area (Å²) < 4.78 is 72.0. The smallest absolute Gasteiger partial charge is 0.410 e. The number of likely N-dealkylation sites (tertiary alicyclic amines) is 1. The number of nitrogens with zero attached hydrogens (tertiary/aromatic N) is 20. The van der Waals surface area contributed by atoms with Crippen LogP contribution in [0.4, 0.5) is 4.79 Å². The highest BCUT2D eigenvalue weighted by Gasteiger charge is 2.35. The Labute approximate surface area is 682 Å². The van der Waals surface area contributed by atoms with E-state index in [0.29, 0.717) is 44.9 Å². The lowest BCUT2D eigenvalue weighted by Gasteiger charge is -2.24. The van der Waals surface area contributed by atoms with E-state index in [-0.39, 0.29) is 67.7 Å². The third-order valence-electron chi connectivity index (χ3n) is 20.9. The van der Waals surface area contributed by atoms with Gasteiger partial charge in [0.25, 0.3) is 0 Å². The third-order valence-corrected chi connectivity index (χ3v) is 22.1. The van der Waals surface area contributed by atoms with E-state index >= 15 is 0 Å². The van der Waals surface area contributed by atoms with Crippen LogP contribution in [0, 0.1) is 0 Å². The number of imidazole rings is 3. The van der Waals surface area contributed by atoms with Crippen molar-refractivity contribution in [3.05, 3.63) is 197 Å². The highest BCUT2D eigenvalue weighted by atomic mass is 35.7. The van der Waals surface area contributed by atoms with Gasteiger partial charge in [0.2, 0.25) is 19.1 Å². The molecule has 2 atom stereocenters. The first kappa shape index (κ1) is 82.5. The molecule has 0 unspecified atom stereocenters. The molecule has 29 nitrogen and oxygen atoms in total. The van der Waals surface area contributed by atoms with Crippen LogP contribution in [0.15, 0.2) is 180 Å². The maximum absolute atomic E-state index is 13.5. The highest BCUT2D eigenvalue weighted by Crippen LogP contribution is 2.38. The number of aryl methyl sites for hydroxylation is 6. The number of fused-ring (bicyclic) bond motifs is 9. The summed E-state index contributed by atoms with van der Waals surface area (Å²) >= 11 is 0. The molecular weight excluding hydrogens is 1560 g/mol. The van der Waals surface area contributed by atoms with E-state index in [2.05, 4.69) is 80.1 Å². The largest absolute Gasteiger partial charge is 0.444 e. The molecule has 3 aromatic carbocycles. The number of sulfonamides is 1. The highest BCUT2D eigenvalue weighted by molar-refractivity contribution is 8.13. The normalized spacial score (nSPS) is 15.3. The van der Waals surface area contributed by atoms with Crippen molar-refractivity contribution in [2.45, 2.75) is 104 Å². The van der Waals surface area contributed by atoms with Gasteiger partial charge in [-0.05, 0) is 118 Å². The van der Waals surface area contributed by atoms with Crippen molar-refractivity contribution in [3.63, 3.8) is 0 Å². The number of benzene rings is 3. The second-order valence-electron chi connectivity index (χ2n) is 29.9. The molecule has 18 rings (SSSR count). The Morgan fingerprint density at radius 2 is 0.793 bits per heavy atom. The molecule has 116 heavy (non-hydrogen) atoms. The van der Waals surface area contributed by atoms with Crippen molar-refractivity contribution in [2.75, 3.05) is 38.7 Å². The summed E-state index contributed by atoms with van der Waals surface area (Å²) in [6.45, 7) is 9.48. The van der Waals surface area contributed by atoms with Crippen molar-refractivity contribution >= 4 is 114 Å². The maximum atomic E-state index is 13.5.